The van der Waals surface area contributed by atoms with Gasteiger partial charge in [-0.3, -0.25) is 9.89 Å². The summed E-state index contributed by atoms with van der Waals surface area (Å²) in [5, 5.41) is 20.1. The van der Waals surface area contributed by atoms with Gasteiger partial charge >= 0.3 is 0 Å². The van der Waals surface area contributed by atoms with Gasteiger partial charge in [0.25, 0.3) is 5.91 Å². The van der Waals surface area contributed by atoms with E-state index < -0.39 is 0 Å². The maximum atomic E-state index is 12.5. The molecule has 0 saturated carbocycles. The van der Waals surface area contributed by atoms with Crippen molar-refractivity contribution in [2.45, 2.75) is 32.2 Å². The first-order valence-corrected chi connectivity index (χ1v) is 10.8. The lowest BCUT2D eigenvalue weighted by atomic mass is 9.85. The third-order valence-corrected chi connectivity index (χ3v) is 6.19. The molecule has 0 spiro atoms. The zero-order chi connectivity index (χ0) is 21.5. The summed E-state index contributed by atoms with van der Waals surface area (Å²) in [5.41, 5.74) is 7.39. The lowest BCUT2D eigenvalue weighted by Crippen LogP contribution is -2.23. The molecule has 3 N–H and O–H groups in total. The number of carbonyl (C=O) groups excluding carboxylic acids is 1. The molecule has 6 rings (SSSR count). The number of hydrogen-bond donors (Lipinski definition) is 3. The summed E-state index contributed by atoms with van der Waals surface area (Å²) in [7, 11) is 0. The van der Waals surface area contributed by atoms with Crippen LogP contribution in [0.1, 0.15) is 40.2 Å². The Morgan fingerprint density at radius 1 is 1.03 bits per heavy atom. The number of rotatable bonds is 4. The van der Waals surface area contributed by atoms with Gasteiger partial charge in [-0.2, -0.15) is 5.10 Å². The van der Waals surface area contributed by atoms with Crippen molar-refractivity contribution in [3.8, 4) is 11.3 Å². The Hall–Kier alpha value is -4.07. The Bertz CT molecular complexity index is 1440. The number of aryl methyl sites for hydroxylation is 1. The van der Waals surface area contributed by atoms with E-state index in [9.17, 15) is 4.79 Å². The summed E-state index contributed by atoms with van der Waals surface area (Å²) in [6.07, 6.45) is 7.81. The van der Waals surface area contributed by atoms with Crippen molar-refractivity contribution >= 4 is 27.7 Å². The molecule has 0 aliphatic heterocycles. The fourth-order valence-corrected chi connectivity index (χ4v) is 4.65. The van der Waals surface area contributed by atoms with Crippen LogP contribution in [0.15, 0.2) is 48.9 Å². The van der Waals surface area contributed by atoms with Gasteiger partial charge in [0.1, 0.15) is 12.2 Å². The summed E-state index contributed by atoms with van der Waals surface area (Å²) >= 11 is 0. The van der Waals surface area contributed by atoms with Gasteiger partial charge < -0.3 is 10.3 Å². The van der Waals surface area contributed by atoms with Crippen LogP contribution in [-0.2, 0) is 19.4 Å². The van der Waals surface area contributed by atoms with Gasteiger partial charge in [-0.1, -0.05) is 12.1 Å². The van der Waals surface area contributed by atoms with E-state index in [1.54, 1.807) is 0 Å². The highest BCUT2D eigenvalue weighted by atomic mass is 16.1. The van der Waals surface area contributed by atoms with Gasteiger partial charge in [0.05, 0.1) is 29.5 Å². The second kappa shape index (κ2) is 7.56. The van der Waals surface area contributed by atoms with Crippen molar-refractivity contribution in [2.24, 2.45) is 0 Å². The van der Waals surface area contributed by atoms with Crippen LogP contribution in [0.5, 0.6) is 0 Å². The molecular formula is C24H21N7O. The average Bonchev–Trinajstić information content (AvgIpc) is 3.54. The number of amides is 1. The Balaban J connectivity index is 1.37. The van der Waals surface area contributed by atoms with E-state index in [4.69, 9.17) is 4.98 Å². The maximum absolute atomic E-state index is 12.5. The number of carbonyl (C=O) groups is 1. The minimum atomic E-state index is -0.149. The van der Waals surface area contributed by atoms with Crippen LogP contribution in [0.25, 0.3) is 33.1 Å². The van der Waals surface area contributed by atoms with E-state index >= 15 is 0 Å². The molecule has 2 aromatic carbocycles. The molecule has 1 aliphatic carbocycles. The van der Waals surface area contributed by atoms with Crippen molar-refractivity contribution in [2.75, 3.05) is 0 Å². The first-order chi connectivity index (χ1) is 15.8. The van der Waals surface area contributed by atoms with E-state index in [-0.39, 0.29) is 5.91 Å². The number of pyridine rings is 1. The van der Waals surface area contributed by atoms with E-state index in [0.717, 1.165) is 46.9 Å². The molecule has 0 bridgehead atoms. The Kier molecular flexibility index (Phi) is 4.41. The highest BCUT2D eigenvalue weighted by Gasteiger charge is 2.21. The smallest absolute Gasteiger partial charge is 0.251 e. The van der Waals surface area contributed by atoms with Gasteiger partial charge in [-0.05, 0) is 61.1 Å². The molecule has 32 heavy (non-hydrogen) atoms. The molecule has 3 heterocycles. The van der Waals surface area contributed by atoms with E-state index in [0.29, 0.717) is 17.9 Å². The molecule has 1 amide bonds. The van der Waals surface area contributed by atoms with Crippen LogP contribution in [0.2, 0.25) is 0 Å². The zero-order valence-corrected chi connectivity index (χ0v) is 17.4. The summed E-state index contributed by atoms with van der Waals surface area (Å²) < 4.78 is 0. The highest BCUT2D eigenvalue weighted by Crippen LogP contribution is 2.37. The van der Waals surface area contributed by atoms with Gasteiger partial charge in [0.15, 0.2) is 0 Å². The van der Waals surface area contributed by atoms with Crippen LogP contribution >= 0.6 is 0 Å². The Morgan fingerprint density at radius 3 is 2.69 bits per heavy atom. The van der Waals surface area contributed by atoms with Crippen molar-refractivity contribution in [1.29, 1.82) is 0 Å². The fraction of sp³-hybridized carbons (Fsp3) is 0.208. The number of benzene rings is 2. The third kappa shape index (κ3) is 3.11. The SMILES string of the molecule is O=C(NCc1nnc[nH]1)c1ccc(-c2nc3ccc4[nH]ncc4c3c3c2CCCC3)cc1. The number of aromatic amines is 2. The average molecular weight is 423 g/mol. The first kappa shape index (κ1) is 18.7. The number of aromatic nitrogens is 6. The number of H-pyrrole nitrogens is 2. The largest absolute Gasteiger partial charge is 0.345 e. The third-order valence-electron chi connectivity index (χ3n) is 6.19. The lowest BCUT2D eigenvalue weighted by molar-refractivity contribution is 0.0950. The van der Waals surface area contributed by atoms with Crippen LogP contribution in [0.3, 0.4) is 0 Å². The minimum Gasteiger partial charge on any atom is -0.345 e. The van der Waals surface area contributed by atoms with Crippen molar-refractivity contribution in [3.63, 3.8) is 0 Å². The number of hydrogen-bond acceptors (Lipinski definition) is 5. The molecule has 0 fully saturated rings. The fourth-order valence-electron chi connectivity index (χ4n) is 4.65. The predicted octanol–water partition coefficient (Wildman–Crippen LogP) is 3.71. The van der Waals surface area contributed by atoms with Gasteiger partial charge in [0.2, 0.25) is 0 Å². The quantitative estimate of drug-likeness (QED) is 0.408. The van der Waals surface area contributed by atoms with Crippen molar-refractivity contribution < 1.29 is 4.79 Å². The predicted molar refractivity (Wildman–Crippen MR) is 121 cm³/mol. The molecule has 0 atom stereocenters. The van der Waals surface area contributed by atoms with E-state index in [1.807, 2.05) is 36.5 Å². The summed E-state index contributed by atoms with van der Waals surface area (Å²) in [4.78, 5) is 20.4. The lowest BCUT2D eigenvalue weighted by Gasteiger charge is -2.22. The highest BCUT2D eigenvalue weighted by molar-refractivity contribution is 6.07. The van der Waals surface area contributed by atoms with Gasteiger partial charge in [-0.15, -0.1) is 10.2 Å². The van der Waals surface area contributed by atoms with Crippen LogP contribution in [-0.4, -0.2) is 36.3 Å². The zero-order valence-electron chi connectivity index (χ0n) is 17.4. The molecule has 8 nitrogen and oxygen atoms in total. The number of nitrogens with zero attached hydrogens (tertiary/aromatic N) is 4. The number of fused-ring (bicyclic) bond motifs is 5. The summed E-state index contributed by atoms with van der Waals surface area (Å²) in [6, 6.07) is 11.8. The van der Waals surface area contributed by atoms with Crippen LogP contribution in [0, 0.1) is 0 Å². The molecular weight excluding hydrogens is 402 g/mol. The molecule has 0 saturated heterocycles. The molecule has 8 heteroatoms. The normalized spacial score (nSPS) is 13.4. The van der Waals surface area contributed by atoms with Crippen LogP contribution < -0.4 is 5.32 Å². The van der Waals surface area contributed by atoms with E-state index in [2.05, 4.69) is 36.8 Å². The molecule has 0 unspecified atom stereocenters. The number of nitrogens with one attached hydrogen (secondary N) is 3. The topological polar surface area (TPSA) is 112 Å². The Morgan fingerprint density at radius 2 is 1.88 bits per heavy atom. The molecule has 0 radical (unpaired) electrons. The van der Waals surface area contributed by atoms with Crippen LogP contribution in [0.4, 0.5) is 0 Å². The summed E-state index contributed by atoms with van der Waals surface area (Å²) in [6.45, 7) is 0.308. The second-order valence-electron chi connectivity index (χ2n) is 8.11. The Labute approximate surface area is 183 Å². The van der Waals surface area contributed by atoms with Gasteiger partial charge in [-0.25, -0.2) is 4.98 Å². The molecule has 5 aromatic rings. The monoisotopic (exact) mass is 423 g/mol. The molecule has 1 aliphatic rings. The van der Waals surface area contributed by atoms with E-state index in [1.165, 1.54) is 29.3 Å². The molecule has 158 valence electrons. The maximum Gasteiger partial charge on any atom is 0.251 e. The second-order valence-corrected chi connectivity index (χ2v) is 8.11. The van der Waals surface area contributed by atoms with Gasteiger partial charge in [0, 0.05) is 21.9 Å². The first-order valence-electron chi connectivity index (χ1n) is 10.8. The van der Waals surface area contributed by atoms with Crippen molar-refractivity contribution in [3.05, 3.63) is 71.4 Å². The minimum absolute atomic E-state index is 0.149. The molecule has 3 aromatic heterocycles. The standard InChI is InChI=1S/C24H21N7O/c32-24(25-12-21-26-13-28-31-21)15-7-5-14(6-8-15)23-17-4-2-1-3-16(17)22-18-11-27-30-19(18)9-10-20(22)29-23/h5-11,13H,1-4,12H2,(H,25,32)(H,27,30)(H,26,28,31). The summed E-state index contributed by atoms with van der Waals surface area (Å²) in [5.74, 6) is 0.470. The van der Waals surface area contributed by atoms with Crippen molar-refractivity contribution in [1.82, 2.24) is 35.7 Å².